The molecule has 1 aromatic heterocycles. The average molecular weight is 328 g/mol. The predicted molar refractivity (Wildman–Crippen MR) is 89.2 cm³/mol. The van der Waals surface area contributed by atoms with E-state index in [1.54, 1.807) is 24.3 Å². The molecular weight excluding hydrogens is 312 g/mol. The molecule has 0 saturated heterocycles. The van der Waals surface area contributed by atoms with Crippen molar-refractivity contribution in [1.29, 1.82) is 0 Å². The quantitative estimate of drug-likeness (QED) is 0.792. The first-order chi connectivity index (χ1) is 11.6. The Morgan fingerprint density at radius 3 is 2.12 bits per heavy atom. The van der Waals surface area contributed by atoms with Crippen LogP contribution in [0.1, 0.15) is 0 Å². The molecular formula is C18H16O6. The molecule has 0 amide bonds. The fraction of sp³-hybridized carbons (Fsp3) is 0.167. The maximum Gasteiger partial charge on any atom is 0.197 e. The molecule has 6 heteroatoms. The molecule has 1 N–H and O–H groups in total. The van der Waals surface area contributed by atoms with Crippen molar-refractivity contribution in [2.24, 2.45) is 0 Å². The van der Waals surface area contributed by atoms with E-state index in [0.717, 1.165) is 0 Å². The van der Waals surface area contributed by atoms with Gasteiger partial charge in [0.25, 0.3) is 0 Å². The summed E-state index contributed by atoms with van der Waals surface area (Å²) in [6.45, 7) is 0. The highest BCUT2D eigenvalue weighted by atomic mass is 16.5. The summed E-state index contributed by atoms with van der Waals surface area (Å²) in [5, 5.41) is 10.2. The molecule has 3 aromatic rings. The molecule has 0 aliphatic carbocycles. The first kappa shape index (κ1) is 15.7. The first-order valence-corrected chi connectivity index (χ1v) is 7.16. The number of fused-ring (bicyclic) bond motifs is 1. The zero-order chi connectivity index (χ0) is 17.3. The van der Waals surface area contributed by atoms with Gasteiger partial charge in [-0.3, -0.25) is 4.79 Å². The second-order valence-corrected chi connectivity index (χ2v) is 5.00. The van der Waals surface area contributed by atoms with Crippen LogP contribution in [0.4, 0.5) is 0 Å². The van der Waals surface area contributed by atoms with Crippen LogP contribution < -0.4 is 19.6 Å². The number of rotatable bonds is 4. The van der Waals surface area contributed by atoms with Gasteiger partial charge < -0.3 is 23.7 Å². The maximum absolute atomic E-state index is 12.5. The highest BCUT2D eigenvalue weighted by Crippen LogP contribution is 2.40. The lowest BCUT2D eigenvalue weighted by Gasteiger charge is -2.13. The van der Waals surface area contributed by atoms with Gasteiger partial charge in [-0.05, 0) is 24.3 Å². The molecule has 3 rings (SSSR count). The molecule has 24 heavy (non-hydrogen) atoms. The summed E-state index contributed by atoms with van der Waals surface area (Å²) in [6, 6.07) is 9.66. The minimum absolute atomic E-state index is 0.0620. The van der Waals surface area contributed by atoms with Crippen molar-refractivity contribution < 1.29 is 23.7 Å². The molecule has 2 aromatic carbocycles. The third kappa shape index (κ3) is 2.42. The molecule has 6 nitrogen and oxygen atoms in total. The van der Waals surface area contributed by atoms with Crippen LogP contribution in [-0.4, -0.2) is 26.4 Å². The SMILES string of the molecule is COc1cccc(OC)c1-c1cc(=O)c2c(O)c(OC)ccc2o1. The van der Waals surface area contributed by atoms with Gasteiger partial charge in [0.15, 0.2) is 16.9 Å². The molecule has 0 bridgehead atoms. The summed E-state index contributed by atoms with van der Waals surface area (Å²) >= 11 is 0. The Hall–Kier alpha value is -3.15. The minimum Gasteiger partial charge on any atom is -0.504 e. The summed E-state index contributed by atoms with van der Waals surface area (Å²) in [7, 11) is 4.46. The number of hydrogen-bond acceptors (Lipinski definition) is 6. The Morgan fingerprint density at radius 1 is 0.917 bits per heavy atom. The lowest BCUT2D eigenvalue weighted by Crippen LogP contribution is -2.03. The minimum atomic E-state index is -0.393. The van der Waals surface area contributed by atoms with Crippen LogP contribution in [0.3, 0.4) is 0 Å². The molecule has 0 unspecified atom stereocenters. The van der Waals surface area contributed by atoms with Gasteiger partial charge in [0, 0.05) is 6.07 Å². The molecule has 124 valence electrons. The number of benzene rings is 2. The van der Waals surface area contributed by atoms with Gasteiger partial charge in [-0.15, -0.1) is 0 Å². The largest absolute Gasteiger partial charge is 0.504 e. The topological polar surface area (TPSA) is 78.1 Å². The second-order valence-electron chi connectivity index (χ2n) is 5.00. The monoisotopic (exact) mass is 328 g/mol. The third-order valence-electron chi connectivity index (χ3n) is 3.73. The van der Waals surface area contributed by atoms with Gasteiger partial charge >= 0.3 is 0 Å². The number of phenolic OH excluding ortho intramolecular Hbond substituents is 1. The third-order valence-corrected chi connectivity index (χ3v) is 3.73. The van der Waals surface area contributed by atoms with Crippen LogP contribution in [0.15, 0.2) is 45.6 Å². The molecule has 0 spiro atoms. The van der Waals surface area contributed by atoms with Gasteiger partial charge in [-0.2, -0.15) is 0 Å². The van der Waals surface area contributed by atoms with E-state index in [9.17, 15) is 9.90 Å². The summed E-state index contributed by atoms with van der Waals surface area (Å²) in [5.41, 5.74) is 0.371. The second kappa shape index (κ2) is 6.16. The smallest absolute Gasteiger partial charge is 0.197 e. The van der Waals surface area contributed by atoms with Crippen LogP contribution in [0.2, 0.25) is 0 Å². The number of ether oxygens (including phenoxy) is 3. The normalized spacial score (nSPS) is 10.6. The van der Waals surface area contributed by atoms with Gasteiger partial charge in [0.05, 0.1) is 21.3 Å². The Morgan fingerprint density at radius 2 is 1.54 bits per heavy atom. The Kier molecular flexibility index (Phi) is 4.04. The Bertz CT molecular complexity index is 935. The molecule has 0 fully saturated rings. The van der Waals surface area contributed by atoms with Crippen LogP contribution in [0.25, 0.3) is 22.3 Å². The summed E-state index contributed by atoms with van der Waals surface area (Å²) in [5.74, 6) is 1.26. The van der Waals surface area contributed by atoms with Crippen molar-refractivity contribution >= 4 is 11.0 Å². The van der Waals surface area contributed by atoms with E-state index in [1.807, 2.05) is 0 Å². The van der Waals surface area contributed by atoms with Crippen molar-refractivity contribution in [1.82, 2.24) is 0 Å². The van der Waals surface area contributed by atoms with Gasteiger partial charge in [-0.25, -0.2) is 0 Å². The van der Waals surface area contributed by atoms with Crippen molar-refractivity contribution in [2.75, 3.05) is 21.3 Å². The van der Waals surface area contributed by atoms with E-state index in [1.165, 1.54) is 33.5 Å². The molecule has 0 aliphatic heterocycles. The van der Waals surface area contributed by atoms with Gasteiger partial charge in [-0.1, -0.05) is 6.07 Å². The molecule has 0 saturated carbocycles. The molecule has 1 heterocycles. The molecule has 0 aliphatic rings. The highest BCUT2D eigenvalue weighted by molar-refractivity contribution is 5.88. The van der Waals surface area contributed by atoms with Crippen LogP contribution in [0, 0.1) is 0 Å². The number of methoxy groups -OCH3 is 3. The molecule has 0 radical (unpaired) electrons. The van der Waals surface area contributed by atoms with Gasteiger partial charge in [0.1, 0.15) is 33.8 Å². The predicted octanol–water partition coefficient (Wildman–Crippen LogP) is 3.19. The number of phenols is 1. The van der Waals surface area contributed by atoms with E-state index in [2.05, 4.69) is 0 Å². The molecule has 0 atom stereocenters. The van der Waals surface area contributed by atoms with Crippen LogP contribution >= 0.6 is 0 Å². The number of hydrogen-bond donors (Lipinski definition) is 1. The zero-order valence-corrected chi connectivity index (χ0v) is 13.5. The van der Waals surface area contributed by atoms with Gasteiger partial charge in [0.2, 0.25) is 0 Å². The summed E-state index contributed by atoms with van der Waals surface area (Å²) in [6.07, 6.45) is 0. The lowest BCUT2D eigenvalue weighted by atomic mass is 10.1. The fourth-order valence-electron chi connectivity index (χ4n) is 2.60. The lowest BCUT2D eigenvalue weighted by molar-refractivity contribution is 0.375. The van der Waals surface area contributed by atoms with Crippen LogP contribution in [-0.2, 0) is 0 Å². The maximum atomic E-state index is 12.5. The van der Waals surface area contributed by atoms with E-state index in [0.29, 0.717) is 17.1 Å². The first-order valence-electron chi connectivity index (χ1n) is 7.16. The fourth-order valence-corrected chi connectivity index (χ4v) is 2.60. The summed E-state index contributed by atoms with van der Waals surface area (Å²) < 4.78 is 21.5. The van der Waals surface area contributed by atoms with E-state index >= 15 is 0 Å². The van der Waals surface area contributed by atoms with Crippen molar-refractivity contribution in [3.05, 3.63) is 46.6 Å². The Labute approximate surface area is 137 Å². The average Bonchev–Trinajstić information content (AvgIpc) is 2.60. The Balaban J connectivity index is 2.33. The van der Waals surface area contributed by atoms with E-state index in [-0.39, 0.29) is 28.2 Å². The summed E-state index contributed by atoms with van der Waals surface area (Å²) in [4.78, 5) is 12.5. The van der Waals surface area contributed by atoms with E-state index in [4.69, 9.17) is 18.6 Å². The van der Waals surface area contributed by atoms with Crippen LogP contribution in [0.5, 0.6) is 23.0 Å². The van der Waals surface area contributed by atoms with E-state index < -0.39 is 5.43 Å². The van der Waals surface area contributed by atoms with Crippen molar-refractivity contribution in [3.63, 3.8) is 0 Å². The van der Waals surface area contributed by atoms with Crippen molar-refractivity contribution in [2.45, 2.75) is 0 Å². The standard InChI is InChI=1S/C18H16O6/c1-21-11-5-4-6-12(22-2)17(11)15-9-10(19)16-13(24-15)7-8-14(23-3)18(16)20/h4-9,20H,1-3H3. The van der Waals surface area contributed by atoms with Crippen molar-refractivity contribution in [3.8, 4) is 34.3 Å². The zero-order valence-electron chi connectivity index (χ0n) is 13.5. The highest BCUT2D eigenvalue weighted by Gasteiger charge is 2.19. The number of aromatic hydroxyl groups is 1.